The fourth-order valence-electron chi connectivity index (χ4n) is 2.57. The summed E-state index contributed by atoms with van der Waals surface area (Å²) < 4.78 is 14.6. The van der Waals surface area contributed by atoms with Gasteiger partial charge in [0.2, 0.25) is 0 Å². The number of carbonyl (C=O) groups is 1. The predicted molar refractivity (Wildman–Crippen MR) is 99.2 cm³/mol. The zero-order valence-electron chi connectivity index (χ0n) is 14.8. The molecule has 0 saturated heterocycles. The minimum Gasteiger partial charge on any atom is -0.321 e. The van der Waals surface area contributed by atoms with Crippen LogP contribution in [0.1, 0.15) is 26.6 Å². The van der Waals surface area contributed by atoms with E-state index in [9.17, 15) is 14.0 Å². The summed E-state index contributed by atoms with van der Waals surface area (Å²) in [5.41, 5.74) is 2.50. The van der Waals surface area contributed by atoms with Crippen molar-refractivity contribution in [3.63, 3.8) is 0 Å². The fraction of sp³-hybridized carbons (Fsp3) is 0.222. The van der Waals surface area contributed by atoms with E-state index in [1.54, 1.807) is 20.0 Å². The fourth-order valence-corrected chi connectivity index (χ4v) is 3.62. The lowest BCUT2D eigenvalue weighted by molar-refractivity contribution is 0.103. The van der Waals surface area contributed by atoms with Crippen molar-refractivity contribution in [1.82, 2.24) is 14.8 Å². The number of anilines is 1. The maximum atomic E-state index is 13.3. The van der Waals surface area contributed by atoms with Crippen molar-refractivity contribution in [3.05, 3.63) is 62.3 Å². The molecule has 0 aliphatic heterocycles. The summed E-state index contributed by atoms with van der Waals surface area (Å²) in [6, 6.07) is 5.66. The van der Waals surface area contributed by atoms with E-state index < -0.39 is 11.7 Å². The Morgan fingerprint density at radius 2 is 1.96 bits per heavy atom. The molecule has 3 aromatic rings. The highest BCUT2D eigenvalue weighted by Gasteiger charge is 2.21. The third-order valence-electron chi connectivity index (χ3n) is 4.02. The van der Waals surface area contributed by atoms with Gasteiger partial charge in [-0.2, -0.15) is 5.10 Å². The summed E-state index contributed by atoms with van der Waals surface area (Å²) in [6.45, 7) is 5.33. The van der Waals surface area contributed by atoms with E-state index in [2.05, 4.69) is 15.4 Å². The van der Waals surface area contributed by atoms with E-state index >= 15 is 0 Å². The van der Waals surface area contributed by atoms with Crippen LogP contribution in [-0.4, -0.2) is 20.7 Å². The molecular formula is C18H17FN4O2S. The first-order valence-electron chi connectivity index (χ1n) is 7.87. The molecule has 0 aliphatic rings. The Bertz CT molecular complexity index is 1070. The zero-order chi connectivity index (χ0) is 19.0. The van der Waals surface area contributed by atoms with Crippen molar-refractivity contribution in [2.24, 2.45) is 7.05 Å². The Morgan fingerprint density at radius 3 is 2.65 bits per heavy atom. The number of nitrogens with one attached hydrogen (secondary N) is 1. The third-order valence-corrected chi connectivity index (χ3v) is 5.20. The largest absolute Gasteiger partial charge is 0.321 e. The van der Waals surface area contributed by atoms with Gasteiger partial charge in [0.25, 0.3) is 11.5 Å². The number of amides is 1. The molecule has 0 unspecified atom stereocenters. The molecule has 26 heavy (non-hydrogen) atoms. The highest BCUT2D eigenvalue weighted by atomic mass is 32.1. The Hall–Kier alpha value is -2.87. The van der Waals surface area contributed by atoms with E-state index in [1.165, 1.54) is 22.9 Å². The van der Waals surface area contributed by atoms with Crippen molar-refractivity contribution in [3.8, 4) is 10.6 Å². The molecule has 2 heterocycles. The van der Waals surface area contributed by atoms with Gasteiger partial charge in [-0.25, -0.2) is 14.1 Å². The van der Waals surface area contributed by atoms with Crippen LogP contribution in [-0.2, 0) is 7.05 Å². The lowest BCUT2D eigenvalue weighted by atomic mass is 10.1. The maximum Gasteiger partial charge on any atom is 0.277 e. The van der Waals surface area contributed by atoms with Gasteiger partial charge < -0.3 is 5.32 Å². The predicted octanol–water partition coefficient (Wildman–Crippen LogP) is 3.22. The van der Waals surface area contributed by atoms with Gasteiger partial charge in [0.15, 0.2) is 0 Å². The van der Waals surface area contributed by atoms with Crippen molar-refractivity contribution >= 4 is 22.9 Å². The number of hydrogen-bond acceptors (Lipinski definition) is 5. The average molecular weight is 372 g/mol. The topological polar surface area (TPSA) is 76.9 Å². The second kappa shape index (κ2) is 6.80. The molecule has 1 aromatic carbocycles. The third kappa shape index (κ3) is 3.28. The van der Waals surface area contributed by atoms with Crippen LogP contribution in [0, 0.1) is 26.6 Å². The van der Waals surface area contributed by atoms with Crippen molar-refractivity contribution in [2.45, 2.75) is 20.8 Å². The number of carbonyl (C=O) groups excluding carboxylic acids is 1. The molecule has 0 saturated carbocycles. The number of rotatable bonds is 3. The number of aromatic nitrogens is 3. The van der Waals surface area contributed by atoms with Crippen LogP contribution in [0.25, 0.3) is 10.6 Å². The Balaban J connectivity index is 2.00. The van der Waals surface area contributed by atoms with E-state index in [-0.39, 0.29) is 5.56 Å². The number of nitrogens with zero attached hydrogens (tertiary/aromatic N) is 3. The van der Waals surface area contributed by atoms with E-state index in [0.717, 1.165) is 22.6 Å². The van der Waals surface area contributed by atoms with Crippen LogP contribution in [0.5, 0.6) is 0 Å². The van der Waals surface area contributed by atoms with Crippen LogP contribution in [0.3, 0.4) is 0 Å². The number of thiazole rings is 1. The highest BCUT2D eigenvalue weighted by Crippen LogP contribution is 2.29. The normalized spacial score (nSPS) is 10.8. The molecule has 0 spiro atoms. The Kier molecular flexibility index (Phi) is 4.69. The highest BCUT2D eigenvalue weighted by molar-refractivity contribution is 7.17. The Labute approximate surface area is 153 Å². The van der Waals surface area contributed by atoms with Crippen LogP contribution >= 0.6 is 11.3 Å². The lowest BCUT2D eigenvalue weighted by Crippen LogP contribution is -2.23. The van der Waals surface area contributed by atoms with Gasteiger partial charge in [-0.1, -0.05) is 6.07 Å². The van der Waals surface area contributed by atoms with Crippen LogP contribution < -0.4 is 10.9 Å². The van der Waals surface area contributed by atoms with E-state index in [4.69, 9.17) is 0 Å². The molecule has 3 rings (SSSR count). The summed E-state index contributed by atoms with van der Waals surface area (Å²) in [6.07, 6.45) is 0. The van der Waals surface area contributed by atoms with Gasteiger partial charge in [0, 0.05) is 12.7 Å². The second-order valence-electron chi connectivity index (χ2n) is 5.91. The molecule has 0 fully saturated rings. The quantitative estimate of drug-likeness (QED) is 0.766. The number of aryl methyl sites for hydroxylation is 3. The molecule has 0 aliphatic carbocycles. The van der Waals surface area contributed by atoms with Gasteiger partial charge in [-0.3, -0.25) is 9.59 Å². The van der Waals surface area contributed by atoms with E-state index in [1.807, 2.05) is 13.8 Å². The van der Waals surface area contributed by atoms with Gasteiger partial charge in [-0.05, 0) is 44.5 Å². The molecule has 0 atom stereocenters. The second-order valence-corrected chi connectivity index (χ2v) is 6.91. The van der Waals surface area contributed by atoms with E-state index in [0.29, 0.717) is 26.8 Å². The van der Waals surface area contributed by atoms with Gasteiger partial charge in [0.05, 0.1) is 17.0 Å². The first kappa shape index (κ1) is 17.9. The minimum atomic E-state index is -0.434. The summed E-state index contributed by atoms with van der Waals surface area (Å²) in [5.74, 6) is -0.826. The van der Waals surface area contributed by atoms with Crippen molar-refractivity contribution in [1.29, 1.82) is 0 Å². The molecule has 0 bridgehead atoms. The molecule has 1 N–H and O–H groups in total. The Morgan fingerprint density at radius 1 is 1.23 bits per heavy atom. The molecule has 2 aromatic heterocycles. The smallest absolute Gasteiger partial charge is 0.277 e. The summed E-state index contributed by atoms with van der Waals surface area (Å²) in [7, 11) is 1.58. The first-order chi connectivity index (χ1) is 12.3. The maximum absolute atomic E-state index is 13.3. The zero-order valence-corrected chi connectivity index (χ0v) is 15.6. The summed E-state index contributed by atoms with van der Waals surface area (Å²) >= 11 is 1.13. The van der Waals surface area contributed by atoms with Crippen molar-refractivity contribution in [2.75, 3.05) is 5.32 Å². The molecule has 6 nitrogen and oxygen atoms in total. The van der Waals surface area contributed by atoms with Gasteiger partial charge in [-0.15, -0.1) is 11.3 Å². The van der Waals surface area contributed by atoms with Gasteiger partial charge in [0.1, 0.15) is 15.7 Å². The van der Waals surface area contributed by atoms with Gasteiger partial charge >= 0.3 is 0 Å². The van der Waals surface area contributed by atoms with Crippen LogP contribution in [0.15, 0.2) is 29.1 Å². The molecule has 1 amide bonds. The lowest BCUT2D eigenvalue weighted by Gasteiger charge is -2.07. The SMILES string of the molecule is Cc1nc(-c2c(C)c(C)nn(C)c2=O)sc1C(=O)Nc1cccc(F)c1. The monoisotopic (exact) mass is 372 g/mol. The average Bonchev–Trinajstić information content (AvgIpc) is 2.95. The van der Waals surface area contributed by atoms with Crippen LogP contribution in [0.2, 0.25) is 0 Å². The number of halogens is 1. The molecular weight excluding hydrogens is 355 g/mol. The molecule has 134 valence electrons. The molecule has 0 radical (unpaired) electrons. The number of hydrogen-bond donors (Lipinski definition) is 1. The standard InChI is InChI=1S/C18H17FN4O2S/c1-9-10(2)22-23(4)18(25)14(9)17-20-11(3)15(26-17)16(24)21-13-7-5-6-12(19)8-13/h5-8H,1-4H3,(H,21,24). The van der Waals surface area contributed by atoms with Crippen molar-refractivity contribution < 1.29 is 9.18 Å². The first-order valence-corrected chi connectivity index (χ1v) is 8.68. The minimum absolute atomic E-state index is 0.265. The summed E-state index contributed by atoms with van der Waals surface area (Å²) in [4.78, 5) is 29.8. The molecule has 8 heteroatoms. The summed E-state index contributed by atoms with van der Waals surface area (Å²) in [5, 5.41) is 7.27. The van der Waals surface area contributed by atoms with Crippen LogP contribution in [0.4, 0.5) is 10.1 Å². The number of benzene rings is 1.